The van der Waals surface area contributed by atoms with Gasteiger partial charge in [0, 0.05) is 18.3 Å². The lowest BCUT2D eigenvalue weighted by Gasteiger charge is -2.50. The molecule has 0 bridgehead atoms. The number of nitrogens with zero attached hydrogens (tertiary/aromatic N) is 2. The van der Waals surface area contributed by atoms with Crippen LogP contribution in [0.1, 0.15) is 27.2 Å². The van der Waals surface area contributed by atoms with Gasteiger partial charge in [-0.15, -0.1) is 0 Å². The van der Waals surface area contributed by atoms with Crippen LogP contribution in [-0.2, 0) is 9.59 Å². The van der Waals surface area contributed by atoms with Crippen molar-refractivity contribution in [1.29, 1.82) is 0 Å². The predicted molar refractivity (Wildman–Crippen MR) is 118 cm³/mol. The zero-order valence-corrected chi connectivity index (χ0v) is 18.1. The standard InChI is InChI=1S/C23H31N5O2/c1-14-10-11-17-12-19(13-25-18-8-6-5-7-9-18)28-22(17)27(14)16(3)20(23(28)30)26-21(29)15(2)24-4/h5-11,14-16,19-20,24-25H,12-13H2,1-4H3,(H,26,29)/t14?,15-,16?,19-,20-/m0/s1. The van der Waals surface area contributed by atoms with E-state index >= 15 is 0 Å². The first kappa shape index (κ1) is 20.5. The van der Waals surface area contributed by atoms with E-state index < -0.39 is 6.04 Å². The first-order chi connectivity index (χ1) is 14.4. The van der Waals surface area contributed by atoms with Gasteiger partial charge in [-0.05, 0) is 51.9 Å². The number of para-hydroxylation sites is 1. The third kappa shape index (κ3) is 3.47. The summed E-state index contributed by atoms with van der Waals surface area (Å²) in [6.45, 7) is 6.61. The van der Waals surface area contributed by atoms with E-state index in [1.807, 2.05) is 42.2 Å². The summed E-state index contributed by atoms with van der Waals surface area (Å²) in [4.78, 5) is 30.4. The third-order valence-electron chi connectivity index (χ3n) is 6.46. The fourth-order valence-electron chi connectivity index (χ4n) is 4.65. The van der Waals surface area contributed by atoms with Crippen molar-refractivity contribution in [3.05, 3.63) is 53.9 Å². The molecule has 30 heavy (non-hydrogen) atoms. The Morgan fingerprint density at radius 2 is 1.97 bits per heavy atom. The van der Waals surface area contributed by atoms with Crippen LogP contribution in [-0.4, -0.2) is 65.4 Å². The molecule has 0 saturated carbocycles. The van der Waals surface area contributed by atoms with Crippen molar-refractivity contribution in [2.24, 2.45) is 0 Å². The van der Waals surface area contributed by atoms with Crippen molar-refractivity contribution in [3.8, 4) is 0 Å². The molecule has 0 spiro atoms. The number of allylic oxidation sites excluding steroid dienone is 1. The Kier molecular flexibility index (Phi) is 5.56. The van der Waals surface area contributed by atoms with E-state index in [1.54, 1.807) is 14.0 Å². The molecule has 0 aromatic heterocycles. The molecule has 0 aliphatic carbocycles. The first-order valence-corrected chi connectivity index (χ1v) is 10.7. The molecule has 0 radical (unpaired) electrons. The molecule has 7 nitrogen and oxygen atoms in total. The summed E-state index contributed by atoms with van der Waals surface area (Å²) in [5, 5.41) is 9.41. The van der Waals surface area contributed by atoms with Crippen molar-refractivity contribution in [3.63, 3.8) is 0 Å². The minimum Gasteiger partial charge on any atom is -0.383 e. The second kappa shape index (κ2) is 8.14. The number of hydrogen-bond acceptors (Lipinski definition) is 5. The van der Waals surface area contributed by atoms with Crippen LogP contribution in [0.4, 0.5) is 5.69 Å². The number of benzene rings is 1. The Morgan fingerprint density at radius 3 is 2.67 bits per heavy atom. The normalized spacial score (nSPS) is 28.5. The van der Waals surface area contributed by atoms with E-state index in [0.717, 1.165) is 17.9 Å². The molecule has 2 amide bonds. The molecule has 3 N–H and O–H groups in total. The smallest absolute Gasteiger partial charge is 0.253 e. The number of nitrogens with one attached hydrogen (secondary N) is 3. The minimum atomic E-state index is -0.579. The fraction of sp³-hybridized carbons (Fsp3) is 0.478. The number of rotatable bonds is 6. The second-order valence-electron chi connectivity index (χ2n) is 8.41. The average molecular weight is 410 g/mol. The van der Waals surface area contributed by atoms with E-state index in [9.17, 15) is 9.59 Å². The molecule has 1 fully saturated rings. The zero-order valence-electron chi connectivity index (χ0n) is 18.1. The minimum absolute atomic E-state index is 0.00813. The number of hydrogen-bond donors (Lipinski definition) is 3. The van der Waals surface area contributed by atoms with Crippen molar-refractivity contribution in [1.82, 2.24) is 20.4 Å². The highest BCUT2D eigenvalue weighted by atomic mass is 16.2. The molecule has 160 valence electrons. The predicted octanol–water partition coefficient (Wildman–Crippen LogP) is 1.67. The lowest BCUT2D eigenvalue weighted by atomic mass is 9.97. The summed E-state index contributed by atoms with van der Waals surface area (Å²) in [6.07, 6.45) is 5.15. The topological polar surface area (TPSA) is 76.7 Å². The number of amides is 2. The van der Waals surface area contributed by atoms with Gasteiger partial charge in [0.15, 0.2) is 0 Å². The Balaban J connectivity index is 1.60. The molecular weight excluding hydrogens is 378 g/mol. The van der Waals surface area contributed by atoms with Gasteiger partial charge in [0.05, 0.1) is 18.1 Å². The molecule has 1 saturated heterocycles. The van der Waals surface area contributed by atoms with Crippen LogP contribution in [0, 0.1) is 0 Å². The lowest BCUT2D eigenvalue weighted by molar-refractivity contribution is -0.143. The number of carbonyl (C=O) groups is 2. The first-order valence-electron chi connectivity index (χ1n) is 10.7. The molecule has 3 aliphatic heterocycles. The molecular formula is C23H31N5O2. The summed E-state index contributed by atoms with van der Waals surface area (Å²) in [5.41, 5.74) is 2.23. The highest BCUT2D eigenvalue weighted by Gasteiger charge is 2.50. The summed E-state index contributed by atoms with van der Waals surface area (Å²) < 4.78 is 0. The maximum Gasteiger partial charge on any atom is 0.253 e. The van der Waals surface area contributed by atoms with Gasteiger partial charge in [-0.25, -0.2) is 0 Å². The van der Waals surface area contributed by atoms with Gasteiger partial charge in [-0.2, -0.15) is 0 Å². The van der Waals surface area contributed by atoms with Gasteiger partial charge in [0.1, 0.15) is 11.9 Å². The number of carbonyl (C=O) groups excluding carboxylic acids is 2. The summed E-state index contributed by atoms with van der Waals surface area (Å²) in [6, 6.07) is 9.15. The van der Waals surface area contributed by atoms with Gasteiger partial charge in [-0.3, -0.25) is 14.5 Å². The van der Waals surface area contributed by atoms with E-state index in [0.29, 0.717) is 6.54 Å². The van der Waals surface area contributed by atoms with Gasteiger partial charge in [0.2, 0.25) is 5.91 Å². The number of likely N-dealkylation sites (N-methyl/N-ethyl adjacent to an activating group) is 1. The van der Waals surface area contributed by atoms with Gasteiger partial charge < -0.3 is 20.9 Å². The lowest BCUT2D eigenvalue weighted by Crippen LogP contribution is -2.67. The molecule has 1 aromatic carbocycles. The SMILES string of the molecule is CN[C@@H](C)C(=O)N[C@@H]1C(=O)N2C3=C(C=CC(C)N3C1C)C[C@H]2CNc1ccccc1. The summed E-state index contributed by atoms with van der Waals surface area (Å²) in [5.74, 6) is 0.825. The van der Waals surface area contributed by atoms with Crippen molar-refractivity contribution >= 4 is 17.5 Å². The third-order valence-corrected chi connectivity index (χ3v) is 6.46. The van der Waals surface area contributed by atoms with Gasteiger partial charge >= 0.3 is 0 Å². The van der Waals surface area contributed by atoms with E-state index in [1.165, 1.54) is 5.57 Å². The Labute approximate surface area is 178 Å². The summed E-state index contributed by atoms with van der Waals surface area (Å²) in [7, 11) is 1.74. The van der Waals surface area contributed by atoms with Crippen LogP contribution in [0.5, 0.6) is 0 Å². The highest BCUT2D eigenvalue weighted by Crippen LogP contribution is 2.41. The largest absolute Gasteiger partial charge is 0.383 e. The van der Waals surface area contributed by atoms with Crippen LogP contribution >= 0.6 is 0 Å². The van der Waals surface area contributed by atoms with E-state index in [4.69, 9.17) is 0 Å². The van der Waals surface area contributed by atoms with E-state index in [-0.39, 0.29) is 36.0 Å². The van der Waals surface area contributed by atoms with Crippen molar-refractivity contribution in [2.45, 2.75) is 57.4 Å². The molecule has 3 heterocycles. The fourth-order valence-corrected chi connectivity index (χ4v) is 4.65. The monoisotopic (exact) mass is 409 g/mol. The zero-order chi connectivity index (χ0) is 21.4. The van der Waals surface area contributed by atoms with Crippen molar-refractivity contribution < 1.29 is 9.59 Å². The summed E-state index contributed by atoms with van der Waals surface area (Å²) >= 11 is 0. The highest BCUT2D eigenvalue weighted by molar-refractivity contribution is 5.92. The molecule has 4 rings (SSSR count). The molecule has 3 aliphatic rings. The van der Waals surface area contributed by atoms with Gasteiger partial charge in [0.25, 0.3) is 5.91 Å². The van der Waals surface area contributed by atoms with Gasteiger partial charge in [-0.1, -0.05) is 30.4 Å². The van der Waals surface area contributed by atoms with Crippen molar-refractivity contribution in [2.75, 3.05) is 18.9 Å². The van der Waals surface area contributed by atoms with Crippen LogP contribution in [0.25, 0.3) is 0 Å². The Morgan fingerprint density at radius 1 is 1.23 bits per heavy atom. The maximum absolute atomic E-state index is 13.6. The van der Waals surface area contributed by atoms with Crippen LogP contribution in [0.2, 0.25) is 0 Å². The molecule has 5 atom stereocenters. The Bertz CT molecular complexity index is 881. The van der Waals surface area contributed by atoms with Crippen LogP contribution in [0.3, 0.4) is 0 Å². The van der Waals surface area contributed by atoms with Crippen LogP contribution in [0.15, 0.2) is 53.9 Å². The molecule has 7 heteroatoms. The Hall–Kier alpha value is -2.80. The maximum atomic E-state index is 13.6. The number of anilines is 1. The molecule has 1 aromatic rings. The average Bonchev–Trinajstić information content (AvgIpc) is 3.13. The van der Waals surface area contributed by atoms with E-state index in [2.05, 4.69) is 39.9 Å². The second-order valence-corrected chi connectivity index (χ2v) is 8.41. The molecule has 2 unspecified atom stereocenters. The quantitative estimate of drug-likeness (QED) is 0.666. The van der Waals surface area contributed by atoms with Crippen LogP contribution < -0.4 is 16.0 Å².